The number of hydrogen-bond donors (Lipinski definition) is 2. The van der Waals surface area contributed by atoms with Crippen molar-refractivity contribution in [1.29, 1.82) is 0 Å². The number of carbonyl (C=O) groups is 3. The second kappa shape index (κ2) is 5.26. The Morgan fingerprint density at radius 2 is 1.04 bits per heavy atom. The van der Waals surface area contributed by atoms with Crippen molar-refractivity contribution in [3.8, 4) is 0 Å². The first-order valence-electron chi connectivity index (χ1n) is 8.41. The van der Waals surface area contributed by atoms with E-state index in [4.69, 9.17) is 0 Å². The van der Waals surface area contributed by atoms with E-state index < -0.39 is 29.2 Å². The van der Waals surface area contributed by atoms with Crippen LogP contribution in [0.15, 0.2) is 60.9 Å². The molecule has 1 fully saturated rings. The number of nitrogens with one attached hydrogen (secondary N) is 2. The summed E-state index contributed by atoms with van der Waals surface area (Å²) in [4.78, 5) is 44.0. The molecule has 26 heavy (non-hydrogen) atoms. The molecule has 5 heteroatoms. The average Bonchev–Trinajstić information content (AvgIpc) is 3.33. The van der Waals surface area contributed by atoms with E-state index in [2.05, 4.69) is 9.97 Å². The molecule has 0 saturated heterocycles. The van der Waals surface area contributed by atoms with Gasteiger partial charge in [-0.15, -0.1) is 0 Å². The van der Waals surface area contributed by atoms with Gasteiger partial charge in [0.25, 0.3) is 5.78 Å². The Morgan fingerprint density at radius 1 is 0.615 bits per heavy atom. The molecule has 0 aliphatic heterocycles. The number of hydrogen-bond acceptors (Lipinski definition) is 3. The van der Waals surface area contributed by atoms with Crippen molar-refractivity contribution < 1.29 is 14.4 Å². The Kier molecular flexibility index (Phi) is 3.00. The van der Waals surface area contributed by atoms with Gasteiger partial charge in [-0.3, -0.25) is 14.4 Å². The number of H-pyrrole nitrogens is 2. The SMILES string of the molecule is O=C1C(=O)C(c2c[nH]c3ccccc23)C(c2c[nH]c3ccccc23)C1=O. The molecule has 2 N–H and O–H groups in total. The van der Waals surface area contributed by atoms with Crippen LogP contribution in [0, 0.1) is 0 Å². The average molecular weight is 342 g/mol. The van der Waals surface area contributed by atoms with Gasteiger partial charge in [0.05, 0.1) is 11.8 Å². The number of rotatable bonds is 2. The standard InChI is InChI=1S/C21H14N2O3/c24-19-17(13-9-22-15-7-3-1-5-11(13)15)18(20(25)21(19)26)14-10-23-16-8-4-2-6-12(14)16/h1-10,17-18,22-23H. The van der Waals surface area contributed by atoms with E-state index in [0.29, 0.717) is 11.1 Å². The highest BCUT2D eigenvalue weighted by atomic mass is 16.2. The molecule has 0 amide bonds. The third kappa shape index (κ3) is 1.88. The van der Waals surface area contributed by atoms with Crippen LogP contribution in [0.3, 0.4) is 0 Å². The largest absolute Gasteiger partial charge is 0.361 e. The van der Waals surface area contributed by atoms with Crippen LogP contribution in [0.2, 0.25) is 0 Å². The van der Waals surface area contributed by atoms with Gasteiger partial charge >= 0.3 is 0 Å². The number of fused-ring (bicyclic) bond motifs is 2. The van der Waals surface area contributed by atoms with Crippen molar-refractivity contribution in [1.82, 2.24) is 9.97 Å². The van der Waals surface area contributed by atoms with Crippen molar-refractivity contribution in [2.24, 2.45) is 0 Å². The maximum atomic E-state index is 12.7. The highest BCUT2D eigenvalue weighted by molar-refractivity contribution is 6.69. The Bertz CT molecular complexity index is 1120. The Morgan fingerprint density at radius 3 is 1.50 bits per heavy atom. The molecule has 2 heterocycles. The highest BCUT2D eigenvalue weighted by Gasteiger charge is 2.51. The highest BCUT2D eigenvalue weighted by Crippen LogP contribution is 2.44. The molecule has 5 nitrogen and oxygen atoms in total. The van der Waals surface area contributed by atoms with Gasteiger partial charge in [-0.05, 0) is 23.3 Å². The first kappa shape index (κ1) is 14.8. The fourth-order valence-corrected chi connectivity index (χ4v) is 4.05. The van der Waals surface area contributed by atoms with Crippen molar-refractivity contribution >= 4 is 39.2 Å². The van der Waals surface area contributed by atoms with E-state index in [1.54, 1.807) is 12.4 Å². The predicted molar refractivity (Wildman–Crippen MR) is 97.1 cm³/mol. The van der Waals surface area contributed by atoms with E-state index in [9.17, 15) is 14.4 Å². The lowest BCUT2D eigenvalue weighted by Gasteiger charge is -2.15. The summed E-state index contributed by atoms with van der Waals surface area (Å²) in [5.74, 6) is -3.77. The molecular formula is C21H14N2O3. The zero-order valence-electron chi connectivity index (χ0n) is 13.7. The summed E-state index contributed by atoms with van der Waals surface area (Å²) in [6.07, 6.45) is 3.47. The molecule has 1 aliphatic carbocycles. The lowest BCUT2D eigenvalue weighted by Crippen LogP contribution is -2.14. The van der Waals surface area contributed by atoms with Crippen molar-refractivity contribution in [2.45, 2.75) is 11.8 Å². The molecule has 5 rings (SSSR count). The second-order valence-corrected chi connectivity index (χ2v) is 6.59. The smallest absolute Gasteiger partial charge is 0.265 e. The summed E-state index contributed by atoms with van der Waals surface area (Å²) in [6.45, 7) is 0. The molecule has 0 bridgehead atoms. The lowest BCUT2D eigenvalue weighted by atomic mass is 9.83. The Balaban J connectivity index is 1.75. The van der Waals surface area contributed by atoms with Gasteiger partial charge in [-0.1, -0.05) is 36.4 Å². The maximum absolute atomic E-state index is 12.7. The summed E-state index contributed by atoms with van der Waals surface area (Å²) in [7, 11) is 0. The minimum absolute atomic E-state index is 0.630. The van der Waals surface area contributed by atoms with Gasteiger partial charge in [0.2, 0.25) is 11.6 Å². The van der Waals surface area contributed by atoms with Gasteiger partial charge in [0.15, 0.2) is 0 Å². The fraction of sp³-hybridized carbons (Fsp3) is 0.0952. The number of Topliss-reactive ketones (excluding diaryl/α,β-unsaturated/α-hetero) is 3. The third-order valence-corrected chi connectivity index (χ3v) is 5.26. The number of carbonyl (C=O) groups excluding carboxylic acids is 3. The minimum atomic E-state index is -0.907. The van der Waals surface area contributed by atoms with Crippen LogP contribution < -0.4 is 0 Å². The van der Waals surface area contributed by atoms with Gasteiger partial charge in [0.1, 0.15) is 0 Å². The first-order chi connectivity index (χ1) is 12.7. The van der Waals surface area contributed by atoms with Crippen LogP contribution in [-0.4, -0.2) is 27.3 Å². The molecule has 2 aromatic heterocycles. The zero-order valence-corrected chi connectivity index (χ0v) is 13.7. The lowest BCUT2D eigenvalue weighted by molar-refractivity contribution is -0.140. The van der Waals surface area contributed by atoms with Gasteiger partial charge in [0, 0.05) is 34.2 Å². The second-order valence-electron chi connectivity index (χ2n) is 6.59. The van der Waals surface area contributed by atoms with E-state index >= 15 is 0 Å². The van der Waals surface area contributed by atoms with E-state index in [1.165, 1.54) is 0 Å². The summed E-state index contributed by atoms with van der Waals surface area (Å²) in [6, 6.07) is 15.2. The summed E-state index contributed by atoms with van der Waals surface area (Å²) < 4.78 is 0. The van der Waals surface area contributed by atoms with E-state index in [0.717, 1.165) is 21.8 Å². The topological polar surface area (TPSA) is 82.8 Å². The van der Waals surface area contributed by atoms with Crippen LogP contribution in [0.25, 0.3) is 21.8 Å². The summed E-state index contributed by atoms with van der Waals surface area (Å²) in [5.41, 5.74) is 3.14. The zero-order chi connectivity index (χ0) is 17.8. The Hall–Kier alpha value is -3.47. The van der Waals surface area contributed by atoms with Gasteiger partial charge in [-0.25, -0.2) is 0 Å². The first-order valence-corrected chi connectivity index (χ1v) is 8.41. The summed E-state index contributed by atoms with van der Waals surface area (Å²) >= 11 is 0. The molecule has 4 aromatic rings. The molecule has 1 saturated carbocycles. The molecular weight excluding hydrogens is 328 g/mol. The van der Waals surface area contributed by atoms with Crippen molar-refractivity contribution in [3.05, 3.63) is 72.1 Å². The molecule has 2 aromatic carbocycles. The van der Waals surface area contributed by atoms with E-state index in [-0.39, 0.29) is 0 Å². The molecule has 1 aliphatic rings. The number of para-hydroxylation sites is 2. The normalized spacial score (nSPS) is 20.5. The number of benzene rings is 2. The number of aromatic amines is 2. The number of aromatic nitrogens is 2. The molecule has 0 spiro atoms. The van der Waals surface area contributed by atoms with Crippen LogP contribution in [0.4, 0.5) is 0 Å². The quantitative estimate of drug-likeness (QED) is 0.549. The maximum Gasteiger partial charge on any atom is 0.265 e. The predicted octanol–water partition coefficient (Wildman–Crippen LogP) is 3.24. The van der Waals surface area contributed by atoms with Crippen LogP contribution in [0.1, 0.15) is 23.0 Å². The fourth-order valence-electron chi connectivity index (χ4n) is 4.05. The van der Waals surface area contributed by atoms with Crippen LogP contribution >= 0.6 is 0 Å². The molecule has 0 radical (unpaired) electrons. The summed E-state index contributed by atoms with van der Waals surface area (Å²) in [5, 5.41) is 1.72. The molecule has 2 atom stereocenters. The van der Waals surface area contributed by atoms with Crippen molar-refractivity contribution in [3.63, 3.8) is 0 Å². The third-order valence-electron chi connectivity index (χ3n) is 5.26. The number of ketones is 3. The van der Waals surface area contributed by atoms with E-state index in [1.807, 2.05) is 48.5 Å². The minimum Gasteiger partial charge on any atom is -0.361 e. The van der Waals surface area contributed by atoms with Crippen molar-refractivity contribution in [2.75, 3.05) is 0 Å². The Labute approximate surface area is 148 Å². The van der Waals surface area contributed by atoms with Crippen LogP contribution in [-0.2, 0) is 14.4 Å². The molecule has 2 unspecified atom stereocenters. The van der Waals surface area contributed by atoms with Crippen LogP contribution in [0.5, 0.6) is 0 Å². The van der Waals surface area contributed by atoms with Gasteiger partial charge < -0.3 is 9.97 Å². The molecule has 126 valence electrons. The van der Waals surface area contributed by atoms with Gasteiger partial charge in [-0.2, -0.15) is 0 Å². The monoisotopic (exact) mass is 342 g/mol.